The number of aromatic nitrogens is 3. The van der Waals surface area contributed by atoms with Gasteiger partial charge in [-0.25, -0.2) is 9.37 Å². The summed E-state index contributed by atoms with van der Waals surface area (Å²) in [5, 5.41) is 9.65. The Bertz CT molecular complexity index is 1190. The number of imidazole rings is 1. The number of rotatable bonds is 3. The molecule has 0 radical (unpaired) electrons. The van der Waals surface area contributed by atoms with Gasteiger partial charge in [-0.2, -0.15) is 5.26 Å². The first-order chi connectivity index (χ1) is 13.1. The summed E-state index contributed by atoms with van der Waals surface area (Å²) in [4.78, 5) is 7.69. The van der Waals surface area contributed by atoms with Crippen LogP contribution >= 0.6 is 0 Å². The van der Waals surface area contributed by atoms with Gasteiger partial charge in [-0.3, -0.25) is 0 Å². The molecule has 0 fully saturated rings. The maximum Gasteiger partial charge on any atom is 0.149 e. The molecule has 0 bridgehead atoms. The third-order valence-electron chi connectivity index (χ3n) is 4.60. The number of para-hydroxylation sites is 2. The second-order valence-electron chi connectivity index (χ2n) is 6.41. The predicted molar refractivity (Wildman–Crippen MR) is 105 cm³/mol. The van der Waals surface area contributed by atoms with Gasteiger partial charge in [0.05, 0.1) is 16.6 Å². The summed E-state index contributed by atoms with van der Waals surface area (Å²) in [6.45, 7) is 3.92. The van der Waals surface area contributed by atoms with E-state index in [0.29, 0.717) is 11.4 Å². The minimum atomic E-state index is -0.280. The van der Waals surface area contributed by atoms with Crippen LogP contribution in [0.1, 0.15) is 22.8 Å². The van der Waals surface area contributed by atoms with Gasteiger partial charge < -0.3 is 9.55 Å². The van der Waals surface area contributed by atoms with Crippen molar-refractivity contribution in [1.29, 1.82) is 5.26 Å². The molecule has 0 atom stereocenters. The van der Waals surface area contributed by atoms with E-state index in [1.165, 1.54) is 12.1 Å². The third kappa shape index (κ3) is 3.02. The van der Waals surface area contributed by atoms with Crippen molar-refractivity contribution in [3.8, 4) is 11.8 Å². The van der Waals surface area contributed by atoms with E-state index < -0.39 is 0 Å². The smallest absolute Gasteiger partial charge is 0.149 e. The normalized spacial score (nSPS) is 11.7. The van der Waals surface area contributed by atoms with Crippen molar-refractivity contribution < 1.29 is 4.39 Å². The standard InChI is InChI=1S/C22H17FN4/c1-14-10-16(15(2)27(14)19-7-5-6-18(23)12-19)11-17(13-24)22-25-20-8-3-4-9-21(20)26-22/h3-12H,1-2H3,(H,25,26). The molecule has 0 amide bonds. The Hall–Kier alpha value is -3.65. The SMILES string of the molecule is Cc1cc(C=C(C#N)c2nc3ccccc3[nH]2)c(C)n1-c1cccc(F)c1. The first-order valence-electron chi connectivity index (χ1n) is 8.58. The van der Waals surface area contributed by atoms with Gasteiger partial charge in [0.1, 0.15) is 17.7 Å². The number of allylic oxidation sites excluding steroid dienone is 1. The molecule has 0 unspecified atom stereocenters. The first kappa shape index (κ1) is 16.8. The van der Waals surface area contributed by atoms with E-state index in [1.807, 2.05) is 60.9 Å². The van der Waals surface area contributed by atoms with Crippen molar-refractivity contribution in [2.24, 2.45) is 0 Å². The van der Waals surface area contributed by atoms with Crippen LogP contribution in [0.15, 0.2) is 54.6 Å². The molecule has 0 saturated heterocycles. The lowest BCUT2D eigenvalue weighted by Crippen LogP contribution is -1.99. The van der Waals surface area contributed by atoms with E-state index in [2.05, 4.69) is 16.0 Å². The van der Waals surface area contributed by atoms with Gasteiger partial charge in [0.15, 0.2) is 0 Å². The van der Waals surface area contributed by atoms with Crippen LogP contribution < -0.4 is 0 Å². The Balaban J connectivity index is 1.81. The number of H-pyrrole nitrogens is 1. The molecule has 1 N–H and O–H groups in total. The number of halogens is 1. The highest BCUT2D eigenvalue weighted by atomic mass is 19.1. The summed E-state index contributed by atoms with van der Waals surface area (Å²) in [6.07, 6.45) is 1.82. The van der Waals surface area contributed by atoms with Crippen molar-refractivity contribution in [3.63, 3.8) is 0 Å². The molecule has 4 aromatic rings. The van der Waals surface area contributed by atoms with Crippen molar-refractivity contribution in [2.75, 3.05) is 0 Å². The summed E-state index contributed by atoms with van der Waals surface area (Å²) in [7, 11) is 0. The molecule has 132 valence electrons. The molecule has 2 aromatic carbocycles. The van der Waals surface area contributed by atoms with E-state index in [1.54, 1.807) is 6.07 Å². The van der Waals surface area contributed by atoms with Crippen molar-refractivity contribution in [3.05, 3.63) is 83.2 Å². The zero-order chi connectivity index (χ0) is 19.0. The number of nitrogens with one attached hydrogen (secondary N) is 1. The fourth-order valence-electron chi connectivity index (χ4n) is 3.34. The van der Waals surface area contributed by atoms with Crippen LogP contribution in [0.2, 0.25) is 0 Å². The first-order valence-corrected chi connectivity index (χ1v) is 8.58. The Morgan fingerprint density at radius 1 is 1.15 bits per heavy atom. The van der Waals surface area contributed by atoms with Crippen LogP contribution in [0.3, 0.4) is 0 Å². The molecule has 4 rings (SSSR count). The number of hydrogen-bond donors (Lipinski definition) is 1. The fourth-order valence-corrected chi connectivity index (χ4v) is 3.34. The molecule has 0 saturated carbocycles. The van der Waals surface area contributed by atoms with Gasteiger partial charge in [0, 0.05) is 17.1 Å². The highest BCUT2D eigenvalue weighted by Gasteiger charge is 2.13. The van der Waals surface area contributed by atoms with Crippen molar-refractivity contribution in [1.82, 2.24) is 14.5 Å². The second kappa shape index (κ2) is 6.58. The molecule has 0 aliphatic carbocycles. The summed E-state index contributed by atoms with van der Waals surface area (Å²) in [6, 6.07) is 18.4. The van der Waals surface area contributed by atoms with Gasteiger partial charge in [-0.15, -0.1) is 0 Å². The highest BCUT2D eigenvalue weighted by molar-refractivity contribution is 5.90. The highest BCUT2D eigenvalue weighted by Crippen LogP contribution is 2.25. The molecular weight excluding hydrogens is 339 g/mol. The minimum Gasteiger partial charge on any atom is -0.337 e. The summed E-state index contributed by atoms with van der Waals surface area (Å²) in [5.41, 5.74) is 5.71. The Kier molecular flexibility index (Phi) is 4.09. The molecule has 27 heavy (non-hydrogen) atoms. The third-order valence-corrected chi connectivity index (χ3v) is 4.60. The van der Waals surface area contributed by atoms with Crippen LogP contribution in [-0.2, 0) is 0 Å². The lowest BCUT2D eigenvalue weighted by atomic mass is 10.1. The number of fused-ring (bicyclic) bond motifs is 1. The molecule has 0 aliphatic rings. The van der Waals surface area contributed by atoms with Gasteiger partial charge >= 0.3 is 0 Å². The lowest BCUT2D eigenvalue weighted by molar-refractivity contribution is 0.626. The molecule has 2 aromatic heterocycles. The maximum atomic E-state index is 13.6. The average Bonchev–Trinajstić information content (AvgIpc) is 3.20. The van der Waals surface area contributed by atoms with Crippen LogP contribution in [0, 0.1) is 31.0 Å². The van der Waals surface area contributed by atoms with E-state index in [9.17, 15) is 9.65 Å². The Morgan fingerprint density at radius 3 is 2.70 bits per heavy atom. The number of aromatic amines is 1. The molecule has 0 spiro atoms. The maximum absolute atomic E-state index is 13.6. The Labute approximate surface area is 156 Å². The van der Waals surface area contributed by atoms with Gasteiger partial charge in [0.25, 0.3) is 0 Å². The van der Waals surface area contributed by atoms with Crippen molar-refractivity contribution >= 4 is 22.7 Å². The average molecular weight is 356 g/mol. The zero-order valence-electron chi connectivity index (χ0n) is 15.0. The molecular formula is C22H17FN4. The van der Waals surface area contributed by atoms with Gasteiger partial charge in [0.2, 0.25) is 0 Å². The van der Waals surface area contributed by atoms with Crippen LogP contribution in [0.4, 0.5) is 4.39 Å². The summed E-state index contributed by atoms with van der Waals surface area (Å²) in [5.74, 6) is 0.256. The molecule has 2 heterocycles. The van der Waals surface area contributed by atoms with E-state index in [-0.39, 0.29) is 5.82 Å². The van der Waals surface area contributed by atoms with Crippen molar-refractivity contribution in [2.45, 2.75) is 13.8 Å². The number of aryl methyl sites for hydroxylation is 1. The van der Waals surface area contributed by atoms with Gasteiger partial charge in [-0.1, -0.05) is 18.2 Å². The summed E-state index contributed by atoms with van der Waals surface area (Å²) >= 11 is 0. The van der Waals surface area contributed by atoms with E-state index >= 15 is 0 Å². The topological polar surface area (TPSA) is 57.4 Å². The predicted octanol–water partition coefficient (Wildman–Crippen LogP) is 5.17. The monoisotopic (exact) mass is 356 g/mol. The van der Waals surface area contributed by atoms with Crippen LogP contribution in [0.5, 0.6) is 0 Å². The fraction of sp³-hybridized carbons (Fsp3) is 0.0909. The Morgan fingerprint density at radius 2 is 1.96 bits per heavy atom. The minimum absolute atomic E-state index is 0.280. The molecule has 4 nitrogen and oxygen atoms in total. The molecule has 0 aliphatic heterocycles. The lowest BCUT2D eigenvalue weighted by Gasteiger charge is -2.09. The summed E-state index contributed by atoms with van der Waals surface area (Å²) < 4.78 is 15.6. The second-order valence-corrected chi connectivity index (χ2v) is 6.41. The number of benzene rings is 2. The van der Waals surface area contributed by atoms with Crippen LogP contribution in [-0.4, -0.2) is 14.5 Å². The number of hydrogen-bond acceptors (Lipinski definition) is 2. The van der Waals surface area contributed by atoms with Gasteiger partial charge in [-0.05, 0) is 61.9 Å². The number of nitriles is 1. The quantitative estimate of drug-likeness (QED) is 0.515. The van der Waals surface area contributed by atoms with E-state index in [0.717, 1.165) is 33.7 Å². The largest absolute Gasteiger partial charge is 0.337 e. The molecule has 5 heteroatoms. The number of nitrogens with zero attached hydrogens (tertiary/aromatic N) is 3. The zero-order valence-corrected chi connectivity index (χ0v) is 15.0. The van der Waals surface area contributed by atoms with E-state index in [4.69, 9.17) is 0 Å². The van der Waals surface area contributed by atoms with Crippen LogP contribution in [0.25, 0.3) is 28.4 Å².